The second-order valence-electron chi connectivity index (χ2n) is 3.52. The largest absolute Gasteiger partial charge is 0.493 e. The summed E-state index contributed by atoms with van der Waals surface area (Å²) < 4.78 is 15.7. The van der Waals surface area contributed by atoms with Gasteiger partial charge >= 0.3 is 0 Å². The minimum atomic E-state index is 0.581. The van der Waals surface area contributed by atoms with Crippen LogP contribution < -0.4 is 9.47 Å². The summed E-state index contributed by atoms with van der Waals surface area (Å²) in [5, 5.41) is 7.73. The van der Waals surface area contributed by atoms with Crippen molar-refractivity contribution in [3.05, 3.63) is 30.0 Å². The molecule has 0 aliphatic carbocycles. The van der Waals surface area contributed by atoms with Gasteiger partial charge in [0.1, 0.15) is 0 Å². The van der Waals surface area contributed by atoms with Gasteiger partial charge in [-0.2, -0.15) is 0 Å². The lowest BCUT2D eigenvalue weighted by molar-refractivity contribution is 0.354. The first-order valence-corrected chi connectivity index (χ1v) is 6.35. The predicted octanol–water partition coefficient (Wildman–Crippen LogP) is 2.69. The molecule has 0 aliphatic rings. The van der Waals surface area contributed by atoms with E-state index in [2.05, 4.69) is 10.2 Å². The third-order valence-electron chi connectivity index (χ3n) is 2.29. The average molecular weight is 266 g/mol. The summed E-state index contributed by atoms with van der Waals surface area (Å²) in [6.07, 6.45) is 0. The first kappa shape index (κ1) is 12.8. The molecule has 0 radical (unpaired) electrons. The maximum Gasteiger partial charge on any atom is 0.226 e. The Morgan fingerprint density at radius 1 is 1.17 bits per heavy atom. The number of aromatic nitrogens is 2. The molecule has 0 N–H and O–H groups in total. The maximum atomic E-state index is 5.31. The van der Waals surface area contributed by atoms with Gasteiger partial charge < -0.3 is 13.9 Å². The van der Waals surface area contributed by atoms with E-state index in [9.17, 15) is 0 Å². The zero-order valence-corrected chi connectivity index (χ0v) is 11.3. The van der Waals surface area contributed by atoms with Crippen LogP contribution in [0, 0.1) is 6.92 Å². The van der Waals surface area contributed by atoms with Crippen LogP contribution in [0.3, 0.4) is 0 Å². The van der Waals surface area contributed by atoms with Crippen LogP contribution in [0.5, 0.6) is 11.5 Å². The Hall–Kier alpha value is -1.69. The van der Waals surface area contributed by atoms with Crippen LogP contribution in [-0.4, -0.2) is 24.4 Å². The maximum absolute atomic E-state index is 5.31. The van der Waals surface area contributed by atoms with E-state index in [0.29, 0.717) is 23.3 Å². The Morgan fingerprint density at radius 3 is 2.56 bits per heavy atom. The van der Waals surface area contributed by atoms with Crippen LogP contribution in [-0.2, 0) is 5.75 Å². The van der Waals surface area contributed by atoms with Crippen molar-refractivity contribution in [3.63, 3.8) is 0 Å². The average Bonchev–Trinajstić information content (AvgIpc) is 2.81. The molecule has 5 nitrogen and oxygen atoms in total. The fourth-order valence-corrected chi connectivity index (χ4v) is 2.21. The van der Waals surface area contributed by atoms with Crippen molar-refractivity contribution >= 4 is 11.8 Å². The molecule has 0 saturated heterocycles. The third kappa shape index (κ3) is 2.95. The van der Waals surface area contributed by atoms with Crippen LogP contribution in [0.4, 0.5) is 0 Å². The van der Waals surface area contributed by atoms with Crippen molar-refractivity contribution in [2.45, 2.75) is 17.6 Å². The van der Waals surface area contributed by atoms with E-state index in [0.717, 1.165) is 10.6 Å². The van der Waals surface area contributed by atoms with E-state index < -0.39 is 0 Å². The highest BCUT2D eigenvalue weighted by Gasteiger charge is 2.07. The van der Waals surface area contributed by atoms with Gasteiger partial charge in [0.15, 0.2) is 11.5 Å². The highest BCUT2D eigenvalue weighted by atomic mass is 32.2. The molecule has 0 saturated carbocycles. The number of ether oxygens (including phenoxy) is 2. The van der Waals surface area contributed by atoms with Crippen LogP contribution in [0.25, 0.3) is 0 Å². The first-order valence-electron chi connectivity index (χ1n) is 5.36. The molecule has 0 spiro atoms. The summed E-state index contributed by atoms with van der Waals surface area (Å²) in [4.78, 5) is 1.06. The van der Waals surface area contributed by atoms with Gasteiger partial charge in [-0.25, -0.2) is 0 Å². The predicted molar refractivity (Wildman–Crippen MR) is 68.1 cm³/mol. The Morgan fingerprint density at radius 2 is 1.94 bits per heavy atom. The first-order chi connectivity index (χ1) is 8.72. The van der Waals surface area contributed by atoms with Crippen molar-refractivity contribution in [1.29, 1.82) is 0 Å². The molecule has 0 unspecified atom stereocenters. The third-order valence-corrected chi connectivity index (χ3v) is 3.26. The molecule has 18 heavy (non-hydrogen) atoms. The Labute approximate surface area is 110 Å². The second-order valence-corrected chi connectivity index (χ2v) is 4.57. The monoisotopic (exact) mass is 266 g/mol. The van der Waals surface area contributed by atoms with Gasteiger partial charge in [0.2, 0.25) is 11.8 Å². The van der Waals surface area contributed by atoms with Crippen molar-refractivity contribution < 1.29 is 13.9 Å². The molecule has 2 rings (SSSR count). The molecule has 1 aromatic carbocycles. The number of thioether (sulfide) groups is 1. The highest BCUT2D eigenvalue weighted by molar-refractivity contribution is 7.98. The van der Waals surface area contributed by atoms with E-state index >= 15 is 0 Å². The lowest BCUT2D eigenvalue weighted by Gasteiger charge is -2.08. The number of aryl methyl sites for hydroxylation is 1. The summed E-state index contributed by atoms with van der Waals surface area (Å²) in [6, 6.07) is 5.77. The number of rotatable bonds is 5. The standard InChI is InChI=1S/C12H14N2O3S/c1-8-13-14-12(17-8)7-18-9-4-5-10(15-2)11(6-9)16-3/h4-6H,7H2,1-3H3. The van der Waals surface area contributed by atoms with E-state index in [1.807, 2.05) is 18.2 Å². The van der Waals surface area contributed by atoms with Crippen LogP contribution in [0.2, 0.25) is 0 Å². The molecular formula is C12H14N2O3S. The fourth-order valence-electron chi connectivity index (χ4n) is 1.45. The van der Waals surface area contributed by atoms with Crippen molar-refractivity contribution in [2.24, 2.45) is 0 Å². The topological polar surface area (TPSA) is 57.4 Å². The zero-order chi connectivity index (χ0) is 13.0. The molecule has 1 heterocycles. The highest BCUT2D eigenvalue weighted by Crippen LogP contribution is 2.32. The molecule has 0 bridgehead atoms. The van der Waals surface area contributed by atoms with Gasteiger partial charge in [0, 0.05) is 11.8 Å². The molecule has 96 valence electrons. The van der Waals surface area contributed by atoms with Crippen molar-refractivity contribution in [1.82, 2.24) is 10.2 Å². The molecule has 0 amide bonds. The SMILES string of the molecule is COc1ccc(SCc2nnc(C)o2)cc1OC. The Balaban J connectivity index is 2.05. The van der Waals surface area contributed by atoms with E-state index in [1.165, 1.54) is 0 Å². The lowest BCUT2D eigenvalue weighted by Crippen LogP contribution is -1.90. The van der Waals surface area contributed by atoms with E-state index in [1.54, 1.807) is 32.9 Å². The van der Waals surface area contributed by atoms with Crippen LogP contribution >= 0.6 is 11.8 Å². The molecule has 0 fully saturated rings. The van der Waals surface area contributed by atoms with Crippen LogP contribution in [0.15, 0.2) is 27.5 Å². The summed E-state index contributed by atoms with van der Waals surface area (Å²) >= 11 is 1.60. The normalized spacial score (nSPS) is 10.4. The van der Waals surface area contributed by atoms with Gasteiger partial charge in [-0.1, -0.05) is 0 Å². The Bertz CT molecular complexity index is 528. The number of methoxy groups -OCH3 is 2. The minimum absolute atomic E-state index is 0.581. The number of nitrogens with zero attached hydrogens (tertiary/aromatic N) is 2. The molecule has 6 heteroatoms. The van der Waals surface area contributed by atoms with E-state index in [4.69, 9.17) is 13.9 Å². The number of benzene rings is 1. The molecule has 0 aliphatic heterocycles. The number of hydrogen-bond donors (Lipinski definition) is 0. The summed E-state index contributed by atoms with van der Waals surface area (Å²) in [6.45, 7) is 1.78. The zero-order valence-electron chi connectivity index (χ0n) is 10.5. The van der Waals surface area contributed by atoms with Crippen molar-refractivity contribution in [3.8, 4) is 11.5 Å². The van der Waals surface area contributed by atoms with E-state index in [-0.39, 0.29) is 0 Å². The summed E-state index contributed by atoms with van der Waals surface area (Å²) in [5.74, 6) is 3.26. The summed E-state index contributed by atoms with van der Waals surface area (Å²) in [5.41, 5.74) is 0. The number of hydrogen-bond acceptors (Lipinski definition) is 6. The quantitative estimate of drug-likeness (QED) is 0.775. The van der Waals surface area contributed by atoms with Gasteiger partial charge in [-0.05, 0) is 18.2 Å². The lowest BCUT2D eigenvalue weighted by atomic mass is 10.3. The smallest absolute Gasteiger partial charge is 0.226 e. The summed E-state index contributed by atoms with van der Waals surface area (Å²) in [7, 11) is 3.24. The van der Waals surface area contributed by atoms with Gasteiger partial charge in [-0.15, -0.1) is 22.0 Å². The van der Waals surface area contributed by atoms with Gasteiger partial charge in [0.25, 0.3) is 0 Å². The fraction of sp³-hybridized carbons (Fsp3) is 0.333. The molecule has 2 aromatic rings. The molecule has 1 aromatic heterocycles. The van der Waals surface area contributed by atoms with Crippen molar-refractivity contribution in [2.75, 3.05) is 14.2 Å². The molecular weight excluding hydrogens is 252 g/mol. The Kier molecular flexibility index (Phi) is 4.09. The minimum Gasteiger partial charge on any atom is -0.493 e. The van der Waals surface area contributed by atoms with Gasteiger partial charge in [0.05, 0.1) is 20.0 Å². The second kappa shape index (κ2) is 5.77. The van der Waals surface area contributed by atoms with Crippen LogP contribution in [0.1, 0.15) is 11.8 Å². The van der Waals surface area contributed by atoms with Gasteiger partial charge in [-0.3, -0.25) is 0 Å². The molecule has 0 atom stereocenters.